The zero-order valence-corrected chi connectivity index (χ0v) is 17.2. The molecule has 0 spiro atoms. The van der Waals surface area contributed by atoms with E-state index in [9.17, 15) is 5.26 Å². The molecule has 1 aliphatic rings. The Hall–Kier alpha value is -3.76. The van der Waals surface area contributed by atoms with Gasteiger partial charge in [0.25, 0.3) is 0 Å². The molecular formula is C24H21N5O2. The van der Waals surface area contributed by atoms with Crippen LogP contribution < -0.4 is 9.64 Å². The number of aromatic nitrogens is 3. The first-order chi connectivity index (χ1) is 15.3. The zero-order chi connectivity index (χ0) is 21.2. The number of benzene rings is 1. The molecule has 4 aromatic rings. The lowest BCUT2D eigenvalue weighted by molar-refractivity contribution is 0.122. The summed E-state index contributed by atoms with van der Waals surface area (Å²) in [4.78, 5) is 16.3. The summed E-state index contributed by atoms with van der Waals surface area (Å²) < 4.78 is 11.2. The Kier molecular flexibility index (Phi) is 5.06. The lowest BCUT2D eigenvalue weighted by atomic mass is 9.97. The van der Waals surface area contributed by atoms with Gasteiger partial charge in [-0.15, -0.1) is 0 Å². The second kappa shape index (κ2) is 8.17. The fourth-order valence-electron chi connectivity index (χ4n) is 4.01. The topological polar surface area (TPSA) is 84.2 Å². The molecule has 7 nitrogen and oxygen atoms in total. The Labute approximate surface area is 179 Å². The first-order valence-electron chi connectivity index (χ1n) is 10.3. The van der Waals surface area contributed by atoms with Crippen molar-refractivity contribution in [2.45, 2.75) is 6.92 Å². The van der Waals surface area contributed by atoms with Crippen molar-refractivity contribution in [1.29, 1.82) is 5.26 Å². The van der Waals surface area contributed by atoms with Crippen molar-refractivity contribution in [3.63, 3.8) is 0 Å². The molecule has 5 rings (SSSR count). The molecule has 1 saturated heterocycles. The van der Waals surface area contributed by atoms with Gasteiger partial charge in [0.1, 0.15) is 17.5 Å². The summed E-state index contributed by atoms with van der Waals surface area (Å²) in [5, 5.41) is 11.7. The number of nitriles is 1. The number of ether oxygens (including phenoxy) is 2. The normalized spacial score (nSPS) is 14.0. The summed E-state index contributed by atoms with van der Waals surface area (Å²) in [6.45, 7) is 5.20. The maximum absolute atomic E-state index is 9.99. The van der Waals surface area contributed by atoms with Crippen LogP contribution in [0, 0.1) is 11.3 Å². The van der Waals surface area contributed by atoms with Gasteiger partial charge >= 0.3 is 0 Å². The molecule has 1 aromatic carbocycles. The number of hydrogen-bond acceptors (Lipinski definition) is 7. The van der Waals surface area contributed by atoms with Crippen LogP contribution in [0.2, 0.25) is 0 Å². The largest absolute Gasteiger partial charge is 0.477 e. The molecule has 3 aromatic heterocycles. The van der Waals surface area contributed by atoms with Crippen LogP contribution in [0.25, 0.3) is 33.1 Å². The first-order valence-corrected chi connectivity index (χ1v) is 10.3. The van der Waals surface area contributed by atoms with Crippen molar-refractivity contribution in [1.82, 2.24) is 15.0 Å². The standard InChI is InChI=1S/C24H21N5O2/c1-2-31-24-19(15-25)21(16-6-4-3-5-7-16)18-14-17-20(27-22(18)28-24)8-9-26-23(17)29-10-12-30-13-11-29/h3-9,14H,2,10-13H2,1H3. The van der Waals surface area contributed by atoms with E-state index in [0.717, 1.165) is 46.3 Å². The van der Waals surface area contributed by atoms with Gasteiger partial charge in [0, 0.05) is 35.6 Å². The van der Waals surface area contributed by atoms with E-state index in [1.807, 2.05) is 43.3 Å². The summed E-state index contributed by atoms with van der Waals surface area (Å²) in [5.41, 5.74) is 3.47. The predicted octanol–water partition coefficient (Wildman–Crippen LogP) is 3.95. The number of anilines is 1. The Morgan fingerprint density at radius 2 is 1.90 bits per heavy atom. The van der Waals surface area contributed by atoms with Crippen LogP contribution in [-0.2, 0) is 4.74 Å². The van der Waals surface area contributed by atoms with Gasteiger partial charge in [0.2, 0.25) is 5.88 Å². The van der Waals surface area contributed by atoms with Crippen LogP contribution in [-0.4, -0.2) is 47.9 Å². The van der Waals surface area contributed by atoms with Gasteiger partial charge in [-0.05, 0) is 24.6 Å². The molecule has 31 heavy (non-hydrogen) atoms. The van der Waals surface area contributed by atoms with Gasteiger partial charge in [-0.2, -0.15) is 10.2 Å². The Morgan fingerprint density at radius 3 is 2.65 bits per heavy atom. The number of hydrogen-bond donors (Lipinski definition) is 0. The summed E-state index contributed by atoms with van der Waals surface area (Å²) in [7, 11) is 0. The molecule has 1 aliphatic heterocycles. The van der Waals surface area contributed by atoms with Gasteiger partial charge in [0.05, 0.1) is 25.3 Å². The first kappa shape index (κ1) is 19.2. The monoisotopic (exact) mass is 411 g/mol. The Morgan fingerprint density at radius 1 is 1.10 bits per heavy atom. The third-order valence-electron chi connectivity index (χ3n) is 5.41. The second-order valence-electron chi connectivity index (χ2n) is 7.24. The smallest absolute Gasteiger partial charge is 0.234 e. The van der Waals surface area contributed by atoms with Crippen LogP contribution in [0.1, 0.15) is 12.5 Å². The van der Waals surface area contributed by atoms with Crippen molar-refractivity contribution < 1.29 is 9.47 Å². The van der Waals surface area contributed by atoms with E-state index in [4.69, 9.17) is 14.5 Å². The fourth-order valence-corrected chi connectivity index (χ4v) is 4.01. The van der Waals surface area contributed by atoms with E-state index in [-0.39, 0.29) is 0 Å². The van der Waals surface area contributed by atoms with Crippen LogP contribution >= 0.6 is 0 Å². The highest BCUT2D eigenvalue weighted by Gasteiger charge is 2.21. The van der Waals surface area contributed by atoms with Crippen molar-refractivity contribution in [3.05, 3.63) is 54.2 Å². The minimum Gasteiger partial charge on any atom is -0.477 e. The third-order valence-corrected chi connectivity index (χ3v) is 5.41. The van der Waals surface area contributed by atoms with E-state index in [1.165, 1.54) is 0 Å². The molecule has 0 N–H and O–H groups in total. The van der Waals surface area contributed by atoms with E-state index in [1.54, 1.807) is 6.20 Å². The van der Waals surface area contributed by atoms with E-state index >= 15 is 0 Å². The van der Waals surface area contributed by atoms with Gasteiger partial charge in [-0.3, -0.25) is 0 Å². The van der Waals surface area contributed by atoms with E-state index in [0.29, 0.717) is 36.9 Å². The summed E-state index contributed by atoms with van der Waals surface area (Å²) >= 11 is 0. The van der Waals surface area contributed by atoms with E-state index in [2.05, 4.69) is 27.0 Å². The highest BCUT2D eigenvalue weighted by Crippen LogP contribution is 2.37. The zero-order valence-electron chi connectivity index (χ0n) is 17.2. The highest BCUT2D eigenvalue weighted by atomic mass is 16.5. The van der Waals surface area contributed by atoms with Crippen molar-refractivity contribution in [3.8, 4) is 23.1 Å². The minimum atomic E-state index is 0.311. The third kappa shape index (κ3) is 3.41. The predicted molar refractivity (Wildman–Crippen MR) is 119 cm³/mol. The summed E-state index contributed by atoms with van der Waals surface area (Å²) in [6.07, 6.45) is 1.77. The van der Waals surface area contributed by atoms with Gasteiger partial charge in [-0.25, -0.2) is 9.97 Å². The Bertz CT molecular complexity index is 1290. The molecule has 0 bridgehead atoms. The Balaban J connectivity index is 1.84. The molecule has 1 fully saturated rings. The average molecular weight is 411 g/mol. The fraction of sp³-hybridized carbons (Fsp3) is 0.250. The molecule has 0 unspecified atom stereocenters. The summed E-state index contributed by atoms with van der Waals surface area (Å²) in [5.74, 6) is 1.19. The van der Waals surface area contributed by atoms with Crippen LogP contribution in [0.3, 0.4) is 0 Å². The number of nitrogens with zero attached hydrogens (tertiary/aromatic N) is 5. The molecule has 0 atom stereocenters. The maximum atomic E-state index is 9.99. The van der Waals surface area contributed by atoms with E-state index < -0.39 is 0 Å². The van der Waals surface area contributed by atoms with Crippen molar-refractivity contribution >= 4 is 27.8 Å². The molecular weight excluding hydrogens is 390 g/mol. The van der Waals surface area contributed by atoms with Crippen LogP contribution in [0.5, 0.6) is 5.88 Å². The molecule has 4 heterocycles. The molecule has 0 radical (unpaired) electrons. The SMILES string of the molecule is CCOc1nc2nc3ccnc(N4CCOCC4)c3cc2c(-c2ccccc2)c1C#N. The molecule has 0 amide bonds. The van der Waals surface area contributed by atoms with Crippen molar-refractivity contribution in [2.75, 3.05) is 37.8 Å². The molecule has 0 saturated carbocycles. The van der Waals surface area contributed by atoms with Crippen molar-refractivity contribution in [2.24, 2.45) is 0 Å². The lowest BCUT2D eigenvalue weighted by Crippen LogP contribution is -2.36. The van der Waals surface area contributed by atoms with Crippen LogP contribution in [0.15, 0.2) is 48.7 Å². The van der Waals surface area contributed by atoms with Gasteiger partial charge in [-0.1, -0.05) is 30.3 Å². The maximum Gasteiger partial charge on any atom is 0.234 e. The highest BCUT2D eigenvalue weighted by molar-refractivity contribution is 6.04. The summed E-state index contributed by atoms with van der Waals surface area (Å²) in [6, 6.07) is 16.1. The molecule has 0 aliphatic carbocycles. The number of morpholine rings is 1. The lowest BCUT2D eigenvalue weighted by Gasteiger charge is -2.28. The number of pyridine rings is 3. The second-order valence-corrected chi connectivity index (χ2v) is 7.24. The average Bonchev–Trinajstić information content (AvgIpc) is 2.83. The van der Waals surface area contributed by atoms with Gasteiger partial charge < -0.3 is 14.4 Å². The van der Waals surface area contributed by atoms with Crippen LogP contribution in [0.4, 0.5) is 5.82 Å². The number of rotatable bonds is 4. The number of fused-ring (bicyclic) bond motifs is 2. The van der Waals surface area contributed by atoms with Gasteiger partial charge in [0.15, 0.2) is 5.65 Å². The minimum absolute atomic E-state index is 0.311. The molecule has 7 heteroatoms. The molecule has 154 valence electrons. The quantitative estimate of drug-likeness (QED) is 0.470.